The van der Waals surface area contributed by atoms with Crippen LogP contribution in [0.1, 0.15) is 11.1 Å². The molecule has 0 heterocycles. The van der Waals surface area contributed by atoms with Gasteiger partial charge in [0.15, 0.2) is 13.1 Å². The summed E-state index contributed by atoms with van der Waals surface area (Å²) in [5, 5.41) is 6.20. The smallest absolute Gasteiger partial charge is 0.279 e. The molecule has 7 heteroatoms. The second kappa shape index (κ2) is 9.39. The predicted octanol–water partition coefficient (Wildman–Crippen LogP) is 2.06. The van der Waals surface area contributed by atoms with Gasteiger partial charge in [0, 0.05) is 10.7 Å². The van der Waals surface area contributed by atoms with Crippen molar-refractivity contribution in [2.75, 3.05) is 37.9 Å². The fraction of sp³-hybridized carbons (Fsp3) is 0.300. The van der Waals surface area contributed by atoms with Crippen molar-refractivity contribution < 1.29 is 19.2 Å². The molecule has 2 rings (SSSR count). The van der Waals surface area contributed by atoms with Crippen LogP contribution in [-0.2, 0) is 9.59 Å². The number of nitrogens with one attached hydrogen (secondary N) is 3. The molecule has 0 aliphatic heterocycles. The summed E-state index contributed by atoms with van der Waals surface area (Å²) in [6.07, 6.45) is 0. The maximum Gasteiger partial charge on any atom is 0.279 e. The highest BCUT2D eigenvalue weighted by Gasteiger charge is 2.17. The Bertz CT molecular complexity index is 819. The molecule has 2 aromatic rings. The number of anilines is 2. The molecular formula is C20H25ClN3O3+. The van der Waals surface area contributed by atoms with Crippen molar-refractivity contribution in [1.29, 1.82) is 0 Å². The van der Waals surface area contributed by atoms with Gasteiger partial charge in [-0.3, -0.25) is 9.59 Å². The van der Waals surface area contributed by atoms with Crippen LogP contribution in [0.15, 0.2) is 36.4 Å². The molecular weight excluding hydrogens is 366 g/mol. The lowest BCUT2D eigenvalue weighted by molar-refractivity contribution is -0.862. The van der Waals surface area contributed by atoms with E-state index in [0.29, 0.717) is 16.5 Å². The number of carbonyl (C=O) groups excluding carboxylic acids is 2. The molecule has 0 saturated carbocycles. The van der Waals surface area contributed by atoms with E-state index in [1.807, 2.05) is 32.0 Å². The highest BCUT2D eigenvalue weighted by atomic mass is 35.5. The van der Waals surface area contributed by atoms with Gasteiger partial charge in [0.25, 0.3) is 11.8 Å². The second-order valence-electron chi connectivity index (χ2n) is 6.52. The first kappa shape index (κ1) is 20.7. The van der Waals surface area contributed by atoms with Crippen molar-refractivity contribution in [1.82, 2.24) is 0 Å². The van der Waals surface area contributed by atoms with Gasteiger partial charge in [-0.1, -0.05) is 29.8 Å². The minimum absolute atomic E-state index is 0.135. The summed E-state index contributed by atoms with van der Waals surface area (Å²) in [5.41, 5.74) is 3.34. The molecule has 3 N–H and O–H groups in total. The number of hydrogen-bond acceptors (Lipinski definition) is 3. The molecule has 0 aliphatic rings. The molecule has 0 spiro atoms. The maximum atomic E-state index is 12.3. The van der Waals surface area contributed by atoms with Crippen LogP contribution in [0, 0.1) is 13.8 Å². The summed E-state index contributed by atoms with van der Waals surface area (Å²) in [7, 11) is 3.31. The summed E-state index contributed by atoms with van der Waals surface area (Å²) < 4.78 is 5.22. The number of hydrogen-bond donors (Lipinski definition) is 3. The Morgan fingerprint density at radius 3 is 2.22 bits per heavy atom. The van der Waals surface area contributed by atoms with Crippen LogP contribution in [0.3, 0.4) is 0 Å². The fourth-order valence-electron chi connectivity index (χ4n) is 2.78. The van der Waals surface area contributed by atoms with Gasteiger partial charge < -0.3 is 20.3 Å². The largest absolute Gasteiger partial charge is 0.495 e. The molecule has 27 heavy (non-hydrogen) atoms. The quantitative estimate of drug-likeness (QED) is 0.677. The predicted molar refractivity (Wildman–Crippen MR) is 108 cm³/mol. The topological polar surface area (TPSA) is 71.9 Å². The number of likely N-dealkylation sites (N-methyl/N-ethyl adjacent to an activating group) is 1. The highest BCUT2D eigenvalue weighted by Crippen LogP contribution is 2.27. The number of benzene rings is 2. The fourth-order valence-corrected chi connectivity index (χ4v) is 2.95. The van der Waals surface area contributed by atoms with Crippen molar-refractivity contribution in [3.05, 3.63) is 52.5 Å². The van der Waals surface area contributed by atoms with Crippen molar-refractivity contribution in [3.63, 3.8) is 0 Å². The van der Waals surface area contributed by atoms with Crippen LogP contribution in [0.4, 0.5) is 11.4 Å². The monoisotopic (exact) mass is 390 g/mol. The van der Waals surface area contributed by atoms with E-state index < -0.39 is 0 Å². The molecule has 0 fully saturated rings. The molecule has 0 radical (unpaired) electrons. The van der Waals surface area contributed by atoms with Crippen molar-refractivity contribution >= 4 is 34.8 Å². The zero-order chi connectivity index (χ0) is 20.0. The van der Waals surface area contributed by atoms with Crippen molar-refractivity contribution in [2.24, 2.45) is 0 Å². The molecule has 6 nitrogen and oxygen atoms in total. The summed E-state index contributed by atoms with van der Waals surface area (Å²) in [4.78, 5) is 25.4. The summed E-state index contributed by atoms with van der Waals surface area (Å²) in [6.45, 7) is 4.21. The number of aryl methyl sites for hydroxylation is 2. The van der Waals surface area contributed by atoms with E-state index in [9.17, 15) is 9.59 Å². The van der Waals surface area contributed by atoms with Crippen LogP contribution in [0.5, 0.6) is 5.75 Å². The van der Waals surface area contributed by atoms with E-state index in [1.54, 1.807) is 25.2 Å². The Balaban J connectivity index is 1.91. The highest BCUT2D eigenvalue weighted by molar-refractivity contribution is 6.31. The van der Waals surface area contributed by atoms with E-state index in [-0.39, 0.29) is 24.9 Å². The summed E-state index contributed by atoms with van der Waals surface area (Å²) >= 11 is 5.97. The Morgan fingerprint density at radius 2 is 1.63 bits per heavy atom. The summed E-state index contributed by atoms with van der Waals surface area (Å²) in [6, 6.07) is 10.8. The number of ether oxygens (including phenoxy) is 1. The lowest BCUT2D eigenvalue weighted by Gasteiger charge is -2.16. The lowest BCUT2D eigenvalue weighted by Crippen LogP contribution is -3.11. The molecule has 144 valence electrons. The van der Waals surface area contributed by atoms with Gasteiger partial charge >= 0.3 is 0 Å². The van der Waals surface area contributed by atoms with E-state index in [0.717, 1.165) is 21.7 Å². The Kier molecular flexibility index (Phi) is 7.21. The van der Waals surface area contributed by atoms with E-state index in [2.05, 4.69) is 10.6 Å². The zero-order valence-electron chi connectivity index (χ0n) is 16.0. The average molecular weight is 391 g/mol. The van der Waals surface area contributed by atoms with E-state index in [1.165, 1.54) is 7.11 Å². The first-order valence-corrected chi connectivity index (χ1v) is 8.98. The van der Waals surface area contributed by atoms with E-state index in [4.69, 9.17) is 16.3 Å². The van der Waals surface area contributed by atoms with E-state index >= 15 is 0 Å². The van der Waals surface area contributed by atoms with Crippen LogP contribution in [0.25, 0.3) is 0 Å². The van der Waals surface area contributed by atoms with Gasteiger partial charge in [-0.15, -0.1) is 0 Å². The Hall–Kier alpha value is -2.57. The molecule has 2 aromatic carbocycles. The SMILES string of the molecule is COc1ccc(Cl)cc1NC(=O)C[NH+](C)CC(=O)Nc1c(C)cccc1C. The third kappa shape index (κ3) is 5.98. The molecule has 1 atom stereocenters. The van der Waals surface area contributed by atoms with Crippen LogP contribution >= 0.6 is 11.6 Å². The molecule has 0 saturated heterocycles. The van der Waals surface area contributed by atoms with Gasteiger partial charge in [0.05, 0.1) is 19.8 Å². The number of para-hydroxylation sites is 1. The molecule has 0 aromatic heterocycles. The van der Waals surface area contributed by atoms with Crippen LogP contribution < -0.4 is 20.3 Å². The third-order valence-corrected chi connectivity index (χ3v) is 4.34. The Morgan fingerprint density at radius 1 is 1.04 bits per heavy atom. The van der Waals surface area contributed by atoms with Gasteiger partial charge in [0.2, 0.25) is 0 Å². The standard InChI is InChI=1S/C20H24ClN3O3/c1-13-6-5-7-14(2)20(13)23-19(26)12-24(3)11-18(25)22-16-10-15(21)8-9-17(16)27-4/h5-10H,11-12H2,1-4H3,(H,22,25)(H,23,26)/p+1. The van der Waals surface area contributed by atoms with Crippen molar-refractivity contribution in [2.45, 2.75) is 13.8 Å². The number of rotatable bonds is 7. The molecule has 1 unspecified atom stereocenters. The normalized spacial score (nSPS) is 11.6. The lowest BCUT2D eigenvalue weighted by atomic mass is 10.1. The average Bonchev–Trinajstić information content (AvgIpc) is 2.58. The van der Waals surface area contributed by atoms with Crippen molar-refractivity contribution in [3.8, 4) is 5.75 Å². The van der Waals surface area contributed by atoms with Crippen LogP contribution in [0.2, 0.25) is 5.02 Å². The number of methoxy groups -OCH3 is 1. The first-order valence-electron chi connectivity index (χ1n) is 8.61. The van der Waals surface area contributed by atoms with Gasteiger partial charge in [-0.05, 0) is 43.2 Å². The first-order chi connectivity index (χ1) is 12.8. The third-order valence-electron chi connectivity index (χ3n) is 4.11. The molecule has 0 aliphatic carbocycles. The molecule has 0 bridgehead atoms. The van der Waals surface area contributed by atoms with Crippen LogP contribution in [-0.4, -0.2) is 39.1 Å². The number of quaternary nitrogens is 1. The maximum absolute atomic E-state index is 12.3. The second-order valence-corrected chi connectivity index (χ2v) is 6.95. The van der Waals surface area contributed by atoms with Gasteiger partial charge in [-0.25, -0.2) is 0 Å². The minimum atomic E-state index is -0.229. The number of halogens is 1. The van der Waals surface area contributed by atoms with Gasteiger partial charge in [-0.2, -0.15) is 0 Å². The minimum Gasteiger partial charge on any atom is -0.495 e. The number of amides is 2. The summed E-state index contributed by atoms with van der Waals surface area (Å²) in [5.74, 6) is 0.157. The zero-order valence-corrected chi connectivity index (χ0v) is 16.7. The molecule has 2 amide bonds. The Labute approximate surface area is 164 Å². The number of carbonyl (C=O) groups is 2. The van der Waals surface area contributed by atoms with Gasteiger partial charge in [0.1, 0.15) is 5.75 Å².